The Morgan fingerprint density at radius 3 is 2.53 bits per heavy atom. The highest BCUT2D eigenvalue weighted by Crippen LogP contribution is 2.51. The monoisotopic (exact) mass is 230 g/mol. The first-order chi connectivity index (χ1) is 8.09. The van der Waals surface area contributed by atoms with E-state index in [-0.39, 0.29) is 11.3 Å². The highest BCUT2D eigenvalue weighted by molar-refractivity contribution is 5.89. The Morgan fingerprint density at radius 1 is 1.35 bits per heavy atom. The first-order valence-electron chi connectivity index (χ1n) is 6.68. The van der Waals surface area contributed by atoms with E-state index >= 15 is 0 Å². The zero-order chi connectivity index (χ0) is 12.5. The molecule has 0 N–H and O–H groups in total. The third-order valence-electron chi connectivity index (χ3n) is 4.23. The molecule has 0 bridgehead atoms. The van der Waals surface area contributed by atoms with Crippen LogP contribution in [0.5, 0.6) is 0 Å². The van der Waals surface area contributed by atoms with Crippen molar-refractivity contribution in [3.8, 4) is 0 Å². The lowest BCUT2D eigenvalue weighted by Crippen LogP contribution is -2.25. The summed E-state index contributed by atoms with van der Waals surface area (Å²) in [4.78, 5) is 12.4. The molecular formula is C16H22O. The van der Waals surface area contributed by atoms with Crippen LogP contribution in [0.25, 0.3) is 0 Å². The average Bonchev–Trinajstić information content (AvgIpc) is 3.11. The minimum absolute atomic E-state index is 0.0124. The molecule has 0 heterocycles. The number of aryl methyl sites for hydroxylation is 1. The number of Topliss-reactive ketones (excluding diaryl/α,β-unsaturated/α-hetero) is 1. The van der Waals surface area contributed by atoms with E-state index in [4.69, 9.17) is 0 Å². The predicted molar refractivity (Wildman–Crippen MR) is 71.0 cm³/mol. The Morgan fingerprint density at radius 2 is 2.00 bits per heavy atom. The molecule has 1 fully saturated rings. The van der Waals surface area contributed by atoms with Crippen LogP contribution >= 0.6 is 0 Å². The molecule has 1 aromatic rings. The second-order valence-corrected chi connectivity index (χ2v) is 5.56. The number of carbonyl (C=O) groups is 1. The number of rotatable bonds is 5. The molecule has 0 spiro atoms. The van der Waals surface area contributed by atoms with Gasteiger partial charge in [0.25, 0.3) is 0 Å². The van der Waals surface area contributed by atoms with Crippen molar-refractivity contribution in [1.29, 1.82) is 0 Å². The average molecular weight is 230 g/mol. The minimum Gasteiger partial charge on any atom is -0.299 e. The van der Waals surface area contributed by atoms with Crippen molar-refractivity contribution < 1.29 is 4.79 Å². The summed E-state index contributed by atoms with van der Waals surface area (Å²) in [6, 6.07) is 8.44. The molecule has 1 saturated carbocycles. The molecule has 0 aromatic heterocycles. The molecule has 0 aliphatic heterocycles. The van der Waals surface area contributed by atoms with Gasteiger partial charge in [-0.3, -0.25) is 4.79 Å². The van der Waals surface area contributed by atoms with Gasteiger partial charge in [-0.25, -0.2) is 0 Å². The third-order valence-corrected chi connectivity index (χ3v) is 4.23. The van der Waals surface area contributed by atoms with Crippen LogP contribution in [0.15, 0.2) is 24.3 Å². The van der Waals surface area contributed by atoms with Gasteiger partial charge in [0.15, 0.2) is 0 Å². The summed E-state index contributed by atoms with van der Waals surface area (Å²) in [5.74, 6) is 0.713. The van der Waals surface area contributed by atoms with E-state index in [1.54, 1.807) is 0 Å². The van der Waals surface area contributed by atoms with Crippen molar-refractivity contribution in [1.82, 2.24) is 0 Å². The van der Waals surface area contributed by atoms with Crippen LogP contribution in [0.4, 0.5) is 0 Å². The lowest BCUT2D eigenvalue weighted by Gasteiger charge is -2.19. The van der Waals surface area contributed by atoms with E-state index in [2.05, 4.69) is 45.0 Å². The second-order valence-electron chi connectivity index (χ2n) is 5.56. The molecule has 0 saturated heterocycles. The summed E-state index contributed by atoms with van der Waals surface area (Å²) >= 11 is 0. The fourth-order valence-electron chi connectivity index (χ4n) is 2.54. The number of carbonyl (C=O) groups excluding carboxylic acids is 1. The fraction of sp³-hybridized carbons (Fsp3) is 0.562. The van der Waals surface area contributed by atoms with Gasteiger partial charge < -0.3 is 0 Å². The van der Waals surface area contributed by atoms with Crippen molar-refractivity contribution >= 4 is 5.78 Å². The van der Waals surface area contributed by atoms with E-state index in [1.165, 1.54) is 11.1 Å². The van der Waals surface area contributed by atoms with E-state index in [9.17, 15) is 4.79 Å². The number of ketones is 1. The fourth-order valence-corrected chi connectivity index (χ4v) is 2.54. The molecule has 0 amide bonds. The van der Waals surface area contributed by atoms with Crippen molar-refractivity contribution in [2.45, 2.75) is 46.5 Å². The Hall–Kier alpha value is -1.11. The van der Waals surface area contributed by atoms with E-state index < -0.39 is 0 Å². The zero-order valence-electron chi connectivity index (χ0n) is 11.1. The number of benzene rings is 1. The first kappa shape index (κ1) is 12.3. The van der Waals surface area contributed by atoms with Crippen LogP contribution in [0.3, 0.4) is 0 Å². The van der Waals surface area contributed by atoms with Gasteiger partial charge in [0.05, 0.1) is 0 Å². The minimum atomic E-state index is -0.0124. The molecule has 1 nitrogen and oxygen atoms in total. The van der Waals surface area contributed by atoms with Gasteiger partial charge in [-0.2, -0.15) is 0 Å². The predicted octanol–water partition coefficient (Wildman–Crippen LogP) is 3.93. The lowest BCUT2D eigenvalue weighted by molar-refractivity contribution is -0.127. The topological polar surface area (TPSA) is 17.1 Å². The molecule has 1 aliphatic rings. The van der Waals surface area contributed by atoms with Gasteiger partial charge in [0.2, 0.25) is 0 Å². The van der Waals surface area contributed by atoms with Crippen molar-refractivity contribution in [3.63, 3.8) is 0 Å². The summed E-state index contributed by atoms with van der Waals surface area (Å²) in [6.07, 6.45) is 4.09. The van der Waals surface area contributed by atoms with Crippen LogP contribution in [0.2, 0.25) is 0 Å². The summed E-state index contributed by atoms with van der Waals surface area (Å²) in [5, 5.41) is 0. The molecule has 92 valence electrons. The highest BCUT2D eigenvalue weighted by atomic mass is 16.1. The Balaban J connectivity index is 2.14. The van der Waals surface area contributed by atoms with Gasteiger partial charge in [0, 0.05) is 11.3 Å². The zero-order valence-corrected chi connectivity index (χ0v) is 11.1. The van der Waals surface area contributed by atoms with Crippen LogP contribution in [0.1, 0.15) is 44.2 Å². The highest BCUT2D eigenvalue weighted by Gasteiger charge is 2.50. The molecular weight excluding hydrogens is 208 g/mol. The Kier molecular flexibility index (Phi) is 3.37. The van der Waals surface area contributed by atoms with Gasteiger partial charge in [-0.05, 0) is 43.7 Å². The SMILES string of the molecule is CC[C@@H](C)C(=O)C1(Cc2ccccc2C)CC1. The largest absolute Gasteiger partial charge is 0.299 e. The molecule has 0 unspecified atom stereocenters. The molecule has 0 radical (unpaired) electrons. The Bertz CT molecular complexity index is 415. The van der Waals surface area contributed by atoms with Gasteiger partial charge in [-0.1, -0.05) is 38.1 Å². The van der Waals surface area contributed by atoms with E-state index in [1.807, 2.05) is 0 Å². The maximum absolute atomic E-state index is 12.4. The van der Waals surface area contributed by atoms with Crippen LogP contribution in [-0.4, -0.2) is 5.78 Å². The summed E-state index contributed by atoms with van der Waals surface area (Å²) < 4.78 is 0. The summed E-state index contributed by atoms with van der Waals surface area (Å²) in [7, 11) is 0. The van der Waals surface area contributed by atoms with Crippen LogP contribution in [-0.2, 0) is 11.2 Å². The molecule has 1 aliphatic carbocycles. The molecule has 1 aromatic carbocycles. The van der Waals surface area contributed by atoms with Crippen molar-refractivity contribution in [3.05, 3.63) is 35.4 Å². The Labute approximate surface area is 104 Å². The first-order valence-corrected chi connectivity index (χ1v) is 6.68. The van der Waals surface area contributed by atoms with E-state index in [0.29, 0.717) is 5.78 Å². The molecule has 1 atom stereocenters. The van der Waals surface area contributed by atoms with Crippen LogP contribution < -0.4 is 0 Å². The number of hydrogen-bond donors (Lipinski definition) is 0. The third kappa shape index (κ3) is 2.43. The maximum atomic E-state index is 12.4. The summed E-state index contributed by atoms with van der Waals surface area (Å²) in [6.45, 7) is 6.31. The quantitative estimate of drug-likeness (QED) is 0.749. The standard InChI is InChI=1S/C16H22O/c1-4-12(2)15(17)16(9-10-16)11-14-8-6-5-7-13(14)3/h5-8,12H,4,9-11H2,1-3H3/t12-/m1/s1. The molecule has 17 heavy (non-hydrogen) atoms. The second kappa shape index (κ2) is 4.64. The lowest BCUT2D eigenvalue weighted by atomic mass is 9.84. The molecule has 2 rings (SSSR count). The van der Waals surface area contributed by atoms with Gasteiger partial charge >= 0.3 is 0 Å². The van der Waals surface area contributed by atoms with E-state index in [0.717, 1.165) is 25.7 Å². The van der Waals surface area contributed by atoms with Crippen LogP contribution in [0, 0.1) is 18.3 Å². The van der Waals surface area contributed by atoms with Gasteiger partial charge in [-0.15, -0.1) is 0 Å². The summed E-state index contributed by atoms with van der Waals surface area (Å²) in [5.41, 5.74) is 2.65. The smallest absolute Gasteiger partial charge is 0.142 e. The number of hydrogen-bond acceptors (Lipinski definition) is 1. The molecule has 1 heteroatoms. The van der Waals surface area contributed by atoms with Crippen molar-refractivity contribution in [2.24, 2.45) is 11.3 Å². The maximum Gasteiger partial charge on any atom is 0.142 e. The van der Waals surface area contributed by atoms with Gasteiger partial charge in [0.1, 0.15) is 5.78 Å². The van der Waals surface area contributed by atoms with Crippen molar-refractivity contribution in [2.75, 3.05) is 0 Å². The normalized spacial score (nSPS) is 18.8.